The summed E-state index contributed by atoms with van der Waals surface area (Å²) < 4.78 is 15.2. The number of hydrogen-bond donors (Lipinski definition) is 1. The van der Waals surface area contributed by atoms with E-state index in [4.69, 9.17) is 11.6 Å². The minimum atomic E-state index is -0.729. The second kappa shape index (κ2) is 6.70. The van der Waals surface area contributed by atoms with Crippen LogP contribution in [0.15, 0.2) is 54.7 Å². The molecule has 0 radical (unpaired) electrons. The fourth-order valence-electron chi connectivity index (χ4n) is 2.10. The van der Waals surface area contributed by atoms with Crippen LogP contribution in [0.5, 0.6) is 0 Å². The lowest BCUT2D eigenvalue weighted by Crippen LogP contribution is -2.14. The molecular weight excluding hydrogens is 351 g/mol. The van der Waals surface area contributed by atoms with E-state index in [9.17, 15) is 19.3 Å². The molecule has 0 saturated heterocycles. The van der Waals surface area contributed by atoms with Crippen molar-refractivity contribution in [2.45, 2.75) is 0 Å². The first kappa shape index (κ1) is 16.6. The third-order valence-electron chi connectivity index (χ3n) is 3.35. The Labute approximate surface area is 145 Å². The average molecular weight is 361 g/mol. The van der Waals surface area contributed by atoms with Crippen LogP contribution in [-0.2, 0) is 0 Å². The van der Waals surface area contributed by atoms with E-state index in [-0.39, 0.29) is 22.1 Å². The Bertz CT molecular complexity index is 956. The molecule has 0 fully saturated rings. The van der Waals surface area contributed by atoms with Crippen molar-refractivity contribution in [2.75, 3.05) is 5.32 Å². The lowest BCUT2D eigenvalue weighted by Gasteiger charge is -2.05. The van der Waals surface area contributed by atoms with Crippen molar-refractivity contribution in [3.05, 3.63) is 81.4 Å². The molecule has 9 heteroatoms. The zero-order valence-electron chi connectivity index (χ0n) is 12.5. The second-order valence-corrected chi connectivity index (χ2v) is 5.38. The maximum Gasteiger partial charge on any atom is 0.276 e. The van der Waals surface area contributed by atoms with Gasteiger partial charge in [-0.05, 0) is 30.3 Å². The fourth-order valence-corrected chi connectivity index (χ4v) is 2.28. The number of benzene rings is 2. The zero-order valence-corrected chi connectivity index (χ0v) is 13.3. The van der Waals surface area contributed by atoms with Crippen LogP contribution >= 0.6 is 11.6 Å². The number of carbonyl (C=O) groups is 1. The minimum Gasteiger partial charge on any atom is -0.318 e. The van der Waals surface area contributed by atoms with E-state index in [0.29, 0.717) is 5.69 Å². The molecule has 0 aliphatic carbocycles. The molecule has 7 nitrogen and oxygen atoms in total. The van der Waals surface area contributed by atoms with Crippen LogP contribution in [0.25, 0.3) is 5.69 Å². The van der Waals surface area contributed by atoms with Gasteiger partial charge in [-0.15, -0.1) is 0 Å². The predicted molar refractivity (Wildman–Crippen MR) is 89.6 cm³/mol. The Balaban J connectivity index is 1.79. The summed E-state index contributed by atoms with van der Waals surface area (Å²) in [6.07, 6.45) is 1.52. The van der Waals surface area contributed by atoms with Gasteiger partial charge >= 0.3 is 0 Å². The van der Waals surface area contributed by atoms with Gasteiger partial charge in [-0.3, -0.25) is 14.9 Å². The molecule has 0 spiro atoms. The van der Waals surface area contributed by atoms with Crippen LogP contribution in [0.3, 0.4) is 0 Å². The van der Waals surface area contributed by atoms with Crippen LogP contribution in [0, 0.1) is 15.9 Å². The largest absolute Gasteiger partial charge is 0.318 e. The van der Waals surface area contributed by atoms with Gasteiger partial charge in [0.05, 0.1) is 21.3 Å². The van der Waals surface area contributed by atoms with Crippen molar-refractivity contribution in [2.24, 2.45) is 0 Å². The molecule has 0 bridgehead atoms. The average Bonchev–Trinajstić information content (AvgIpc) is 3.09. The van der Waals surface area contributed by atoms with Gasteiger partial charge in [0.25, 0.3) is 11.6 Å². The molecular formula is C16H10ClFN4O3. The first-order chi connectivity index (χ1) is 12.0. The molecule has 3 aromatic rings. The third kappa shape index (κ3) is 3.48. The number of halogens is 2. The van der Waals surface area contributed by atoms with E-state index in [0.717, 1.165) is 0 Å². The number of nitrogens with one attached hydrogen (secondary N) is 1. The Morgan fingerprint density at radius 1 is 1.20 bits per heavy atom. The monoisotopic (exact) mass is 360 g/mol. The van der Waals surface area contributed by atoms with Gasteiger partial charge in [-0.1, -0.05) is 17.7 Å². The van der Waals surface area contributed by atoms with Gasteiger partial charge < -0.3 is 5.32 Å². The summed E-state index contributed by atoms with van der Waals surface area (Å²) in [5, 5.41) is 17.0. The Morgan fingerprint density at radius 3 is 2.60 bits per heavy atom. The SMILES string of the molecule is O=C(Nc1cccc(Cl)c1F)c1ccn(-c2ccc([N+](=O)[O-])cc2)n1. The molecule has 1 amide bonds. The van der Waals surface area contributed by atoms with Crippen molar-refractivity contribution in [3.8, 4) is 5.69 Å². The summed E-state index contributed by atoms with van der Waals surface area (Å²) in [7, 11) is 0. The van der Waals surface area contributed by atoms with E-state index in [1.807, 2.05) is 0 Å². The fraction of sp³-hybridized carbons (Fsp3) is 0. The molecule has 1 heterocycles. The molecule has 2 aromatic carbocycles. The zero-order chi connectivity index (χ0) is 18.0. The van der Waals surface area contributed by atoms with Crippen molar-refractivity contribution in [1.29, 1.82) is 0 Å². The molecule has 3 rings (SSSR count). The number of nitro groups is 1. The molecule has 0 unspecified atom stereocenters. The topological polar surface area (TPSA) is 90.1 Å². The predicted octanol–water partition coefficient (Wildman–Crippen LogP) is 3.83. The van der Waals surface area contributed by atoms with E-state index in [1.54, 1.807) is 0 Å². The minimum absolute atomic E-state index is 0.0506. The smallest absolute Gasteiger partial charge is 0.276 e. The van der Waals surface area contributed by atoms with E-state index >= 15 is 0 Å². The van der Waals surface area contributed by atoms with Gasteiger partial charge in [0.15, 0.2) is 11.5 Å². The summed E-state index contributed by atoms with van der Waals surface area (Å²) in [5.74, 6) is -1.34. The summed E-state index contributed by atoms with van der Waals surface area (Å²) in [6, 6.07) is 11.4. The highest BCUT2D eigenvalue weighted by Gasteiger charge is 2.14. The van der Waals surface area contributed by atoms with Gasteiger partial charge in [0.1, 0.15) is 0 Å². The van der Waals surface area contributed by atoms with Crippen LogP contribution in [0.4, 0.5) is 15.8 Å². The lowest BCUT2D eigenvalue weighted by atomic mass is 10.3. The Hall–Kier alpha value is -3.26. The summed E-state index contributed by atoms with van der Waals surface area (Å²) >= 11 is 5.67. The van der Waals surface area contributed by atoms with Crippen LogP contribution in [0.1, 0.15) is 10.5 Å². The Kier molecular flexibility index (Phi) is 4.44. The lowest BCUT2D eigenvalue weighted by molar-refractivity contribution is -0.384. The molecule has 0 aliphatic rings. The number of hydrogen-bond acceptors (Lipinski definition) is 4. The maximum atomic E-state index is 13.8. The van der Waals surface area contributed by atoms with E-state index < -0.39 is 16.6 Å². The highest BCUT2D eigenvalue weighted by Crippen LogP contribution is 2.22. The molecule has 0 atom stereocenters. The summed E-state index contributed by atoms with van der Waals surface area (Å²) in [4.78, 5) is 22.3. The van der Waals surface area contributed by atoms with Crippen molar-refractivity contribution in [3.63, 3.8) is 0 Å². The van der Waals surface area contributed by atoms with Crippen molar-refractivity contribution >= 4 is 28.9 Å². The van der Waals surface area contributed by atoms with Gasteiger partial charge in [0, 0.05) is 18.3 Å². The first-order valence-corrected chi connectivity index (χ1v) is 7.39. The van der Waals surface area contributed by atoms with Crippen molar-refractivity contribution < 1.29 is 14.1 Å². The summed E-state index contributed by atoms with van der Waals surface area (Å²) in [6.45, 7) is 0. The molecule has 1 aromatic heterocycles. The number of nitro benzene ring substituents is 1. The quantitative estimate of drug-likeness (QED) is 0.565. The number of non-ortho nitro benzene ring substituents is 1. The number of aromatic nitrogens is 2. The van der Waals surface area contributed by atoms with Gasteiger partial charge in [0.2, 0.25) is 0 Å². The second-order valence-electron chi connectivity index (χ2n) is 4.97. The van der Waals surface area contributed by atoms with Crippen LogP contribution in [-0.4, -0.2) is 20.6 Å². The third-order valence-corrected chi connectivity index (χ3v) is 3.64. The number of nitrogens with zero attached hydrogens (tertiary/aromatic N) is 3. The molecule has 0 aliphatic heterocycles. The number of anilines is 1. The summed E-state index contributed by atoms with van der Waals surface area (Å²) in [5.41, 5.74) is 0.490. The molecule has 126 valence electrons. The van der Waals surface area contributed by atoms with Gasteiger partial charge in [-0.25, -0.2) is 9.07 Å². The van der Waals surface area contributed by atoms with Crippen LogP contribution in [0.2, 0.25) is 5.02 Å². The molecule has 1 N–H and O–H groups in total. The van der Waals surface area contributed by atoms with E-state index in [1.165, 1.54) is 59.4 Å². The molecule has 0 saturated carbocycles. The van der Waals surface area contributed by atoms with Crippen LogP contribution < -0.4 is 5.32 Å². The highest BCUT2D eigenvalue weighted by molar-refractivity contribution is 6.31. The normalized spacial score (nSPS) is 10.5. The standard InChI is InChI=1S/C16H10ClFN4O3/c17-12-2-1-3-13(15(12)18)19-16(23)14-8-9-21(20-14)10-4-6-11(7-5-10)22(24)25/h1-9H,(H,19,23). The highest BCUT2D eigenvalue weighted by atomic mass is 35.5. The first-order valence-electron chi connectivity index (χ1n) is 7.01. The van der Waals surface area contributed by atoms with Gasteiger partial charge in [-0.2, -0.15) is 5.10 Å². The number of carbonyl (C=O) groups excluding carboxylic acids is 1. The number of amides is 1. The van der Waals surface area contributed by atoms with E-state index in [2.05, 4.69) is 10.4 Å². The van der Waals surface area contributed by atoms with Crippen molar-refractivity contribution in [1.82, 2.24) is 9.78 Å². The molecule has 25 heavy (non-hydrogen) atoms. The Morgan fingerprint density at radius 2 is 1.92 bits per heavy atom. The number of rotatable bonds is 4. The maximum absolute atomic E-state index is 13.8.